The van der Waals surface area contributed by atoms with Crippen LogP contribution in [0, 0.1) is 34.0 Å². The summed E-state index contributed by atoms with van der Waals surface area (Å²) in [5.74, 6) is 2.57. The molecule has 0 heterocycles. The summed E-state index contributed by atoms with van der Waals surface area (Å²) in [5, 5.41) is 0. The highest BCUT2D eigenvalue weighted by atomic mass is 16.1. The van der Waals surface area contributed by atoms with E-state index in [0.717, 1.165) is 24.7 Å². The molecule has 6 atom stereocenters. The van der Waals surface area contributed by atoms with Gasteiger partial charge in [-0.05, 0) is 86.9 Å². The maximum absolute atomic E-state index is 12.5. The van der Waals surface area contributed by atoms with Crippen molar-refractivity contribution in [1.29, 1.82) is 0 Å². The highest BCUT2D eigenvalue weighted by Gasteiger charge is 2.60. The Kier molecular flexibility index (Phi) is 6.51. The zero-order valence-corrected chi connectivity index (χ0v) is 18.7. The maximum Gasteiger partial charge on any atom is 0.135 e. The Hall–Kier alpha value is -0.590. The van der Waals surface area contributed by atoms with Gasteiger partial charge < -0.3 is 0 Å². The van der Waals surface area contributed by atoms with Gasteiger partial charge in [-0.25, -0.2) is 0 Å². The summed E-state index contributed by atoms with van der Waals surface area (Å²) in [6, 6.07) is 0. The van der Waals surface area contributed by atoms with Gasteiger partial charge >= 0.3 is 0 Å². The number of carbonyl (C=O) groups is 1. The molecule has 0 aromatic heterocycles. The van der Waals surface area contributed by atoms with Gasteiger partial charge in [0, 0.05) is 5.41 Å². The van der Waals surface area contributed by atoms with Crippen molar-refractivity contribution in [2.75, 3.05) is 0 Å². The van der Waals surface area contributed by atoms with Crippen LogP contribution in [-0.4, -0.2) is 5.78 Å². The topological polar surface area (TPSA) is 17.1 Å². The molecule has 3 aliphatic rings. The third-order valence-electron chi connectivity index (χ3n) is 9.33. The van der Waals surface area contributed by atoms with Crippen LogP contribution >= 0.6 is 0 Å². The van der Waals surface area contributed by atoms with Gasteiger partial charge in [0.2, 0.25) is 0 Å². The summed E-state index contributed by atoms with van der Waals surface area (Å²) in [6.45, 7) is 19.9. The summed E-state index contributed by atoms with van der Waals surface area (Å²) >= 11 is 0. The van der Waals surface area contributed by atoms with Crippen molar-refractivity contribution < 1.29 is 4.79 Å². The second-order valence-electron chi connectivity index (χ2n) is 10.1. The molecule has 0 N–H and O–H groups in total. The van der Waals surface area contributed by atoms with E-state index in [2.05, 4.69) is 34.3 Å². The quantitative estimate of drug-likeness (QED) is 0.463. The first-order chi connectivity index (χ1) is 12.2. The number of rotatable bonds is 2. The van der Waals surface area contributed by atoms with Gasteiger partial charge in [0.15, 0.2) is 0 Å². The molecule has 3 aliphatic carbocycles. The van der Waals surface area contributed by atoms with Gasteiger partial charge in [0.25, 0.3) is 0 Å². The van der Waals surface area contributed by atoms with E-state index in [1.54, 1.807) is 0 Å². The highest BCUT2D eigenvalue weighted by molar-refractivity contribution is 5.82. The summed E-state index contributed by atoms with van der Waals surface area (Å²) in [6.07, 6.45) is 11.3. The lowest BCUT2D eigenvalue weighted by Crippen LogP contribution is -2.56. The number of Topliss-reactive ketones (excluding diaryl/α,β-unsaturated/α-hetero) is 1. The van der Waals surface area contributed by atoms with E-state index < -0.39 is 0 Å². The molecule has 0 saturated heterocycles. The standard InChI is InChI=1S/C23H38O.C2H6/c1-7-19-18-10-13-21(4)12-8-16(2)9-15-23(21,6)20(18)11-14-22(19,5)17(3)24;1-2/h18-20H,2,7-15H2,1,3-6H3;1-2H3. The molecule has 6 unspecified atom stereocenters. The van der Waals surface area contributed by atoms with Crippen molar-refractivity contribution in [3.8, 4) is 0 Å². The Balaban J connectivity index is 0.00000117. The summed E-state index contributed by atoms with van der Waals surface area (Å²) in [7, 11) is 0. The average molecular weight is 361 g/mol. The Morgan fingerprint density at radius 1 is 1.04 bits per heavy atom. The molecule has 26 heavy (non-hydrogen) atoms. The van der Waals surface area contributed by atoms with Crippen molar-refractivity contribution in [1.82, 2.24) is 0 Å². The van der Waals surface area contributed by atoms with E-state index >= 15 is 0 Å². The molecule has 1 nitrogen and oxygen atoms in total. The highest BCUT2D eigenvalue weighted by Crippen LogP contribution is 2.67. The molecule has 0 aromatic rings. The molecular weight excluding hydrogens is 316 g/mol. The minimum Gasteiger partial charge on any atom is -0.299 e. The molecule has 0 aliphatic heterocycles. The number of allylic oxidation sites excluding steroid dienone is 1. The molecule has 3 saturated carbocycles. The monoisotopic (exact) mass is 360 g/mol. The van der Waals surface area contributed by atoms with Crippen molar-refractivity contribution in [3.63, 3.8) is 0 Å². The zero-order valence-electron chi connectivity index (χ0n) is 18.7. The number of hydrogen-bond donors (Lipinski definition) is 0. The average Bonchev–Trinajstić information content (AvgIpc) is 2.74. The van der Waals surface area contributed by atoms with Crippen LogP contribution < -0.4 is 0 Å². The zero-order chi connectivity index (χ0) is 19.8. The van der Waals surface area contributed by atoms with Crippen LogP contribution in [0.5, 0.6) is 0 Å². The fraction of sp³-hybridized carbons (Fsp3) is 0.880. The number of ketones is 1. The molecule has 3 fully saturated rings. The normalized spacial score (nSPS) is 45.5. The minimum absolute atomic E-state index is 0.0751. The van der Waals surface area contributed by atoms with Crippen molar-refractivity contribution in [3.05, 3.63) is 12.2 Å². The summed E-state index contributed by atoms with van der Waals surface area (Å²) in [4.78, 5) is 12.5. The number of hydrogen-bond acceptors (Lipinski definition) is 1. The fourth-order valence-corrected chi connectivity index (χ4v) is 7.12. The number of carbonyl (C=O) groups excluding carboxylic acids is 1. The lowest BCUT2D eigenvalue weighted by molar-refractivity contribution is -0.155. The lowest BCUT2D eigenvalue weighted by atomic mass is 9.42. The van der Waals surface area contributed by atoms with Crippen LogP contribution in [-0.2, 0) is 4.79 Å². The Labute approximate surface area is 163 Å². The van der Waals surface area contributed by atoms with E-state index in [1.165, 1.54) is 50.5 Å². The van der Waals surface area contributed by atoms with Crippen molar-refractivity contribution >= 4 is 5.78 Å². The largest absolute Gasteiger partial charge is 0.299 e. The third kappa shape index (κ3) is 3.22. The summed E-state index contributed by atoms with van der Waals surface area (Å²) < 4.78 is 0. The molecule has 0 aromatic carbocycles. The van der Waals surface area contributed by atoms with Crippen LogP contribution in [0.25, 0.3) is 0 Å². The minimum atomic E-state index is -0.0751. The van der Waals surface area contributed by atoms with E-state index in [9.17, 15) is 4.79 Å². The lowest BCUT2D eigenvalue weighted by Gasteiger charge is -2.63. The predicted octanol–water partition coefficient (Wildman–Crippen LogP) is 7.60. The van der Waals surface area contributed by atoms with Crippen LogP contribution in [0.3, 0.4) is 0 Å². The van der Waals surface area contributed by atoms with Crippen LogP contribution in [0.15, 0.2) is 12.2 Å². The van der Waals surface area contributed by atoms with Crippen LogP contribution in [0.1, 0.15) is 106 Å². The van der Waals surface area contributed by atoms with Crippen molar-refractivity contribution in [2.24, 2.45) is 34.0 Å². The van der Waals surface area contributed by atoms with Crippen LogP contribution in [0.2, 0.25) is 0 Å². The van der Waals surface area contributed by atoms with Crippen molar-refractivity contribution in [2.45, 2.75) is 106 Å². The second kappa shape index (κ2) is 7.80. The van der Waals surface area contributed by atoms with Gasteiger partial charge in [-0.3, -0.25) is 4.79 Å². The first kappa shape index (κ1) is 21.7. The van der Waals surface area contributed by atoms with E-state index in [4.69, 9.17) is 0 Å². The Morgan fingerprint density at radius 3 is 2.23 bits per heavy atom. The fourth-order valence-electron chi connectivity index (χ4n) is 7.12. The molecule has 0 amide bonds. The molecule has 0 spiro atoms. The maximum atomic E-state index is 12.5. The third-order valence-corrected chi connectivity index (χ3v) is 9.33. The predicted molar refractivity (Wildman–Crippen MR) is 113 cm³/mol. The molecule has 0 radical (unpaired) electrons. The van der Waals surface area contributed by atoms with Gasteiger partial charge in [-0.2, -0.15) is 0 Å². The Morgan fingerprint density at radius 2 is 1.65 bits per heavy atom. The van der Waals surface area contributed by atoms with Gasteiger partial charge in [0.1, 0.15) is 5.78 Å². The smallest absolute Gasteiger partial charge is 0.135 e. The molecule has 1 heteroatoms. The van der Waals surface area contributed by atoms with Crippen LogP contribution in [0.4, 0.5) is 0 Å². The van der Waals surface area contributed by atoms with Gasteiger partial charge in [-0.15, -0.1) is 0 Å². The van der Waals surface area contributed by atoms with Gasteiger partial charge in [-0.1, -0.05) is 60.1 Å². The van der Waals surface area contributed by atoms with E-state index in [1.807, 2.05) is 20.8 Å². The molecule has 150 valence electrons. The molecule has 3 rings (SSSR count). The SMILES string of the molecule is C=C1CCC2(C)CCC3C(CC)C(C)(C(C)=O)CCC3C2(C)CC1.CC. The number of fused-ring (bicyclic) bond motifs is 3. The van der Waals surface area contributed by atoms with E-state index in [-0.39, 0.29) is 5.41 Å². The van der Waals surface area contributed by atoms with E-state index in [0.29, 0.717) is 22.5 Å². The second-order valence-corrected chi connectivity index (χ2v) is 10.1. The summed E-state index contributed by atoms with van der Waals surface area (Å²) in [5.41, 5.74) is 2.30. The first-order valence-corrected chi connectivity index (χ1v) is 11.4. The molecule has 0 bridgehead atoms. The first-order valence-electron chi connectivity index (χ1n) is 11.4. The van der Waals surface area contributed by atoms with Gasteiger partial charge in [0.05, 0.1) is 0 Å². The molecular formula is C25H44O. The Bertz CT molecular complexity index is 534.